The molecule has 24 heavy (non-hydrogen) atoms. The Bertz CT molecular complexity index is 718. The van der Waals surface area contributed by atoms with E-state index in [1.54, 1.807) is 12.0 Å². The summed E-state index contributed by atoms with van der Waals surface area (Å²) in [6.45, 7) is 0.933. The Morgan fingerprint density at radius 2 is 2.29 bits per heavy atom. The van der Waals surface area contributed by atoms with E-state index in [-0.39, 0.29) is 24.2 Å². The van der Waals surface area contributed by atoms with E-state index in [4.69, 9.17) is 4.74 Å². The minimum atomic E-state index is -0.409. The standard InChI is InChI=1S/C15H18N6O3/c1-24-12-5-3-2-4-10(12)6-7-21-9-11(8-13(21)22)14(23)16-15-17-19-20-18-15/h2-5,11H,6-9H2,1H3,(H2,16,17,18,19,20,23)/t11-/m0/s1. The second-order valence-corrected chi connectivity index (χ2v) is 5.53. The number of ether oxygens (including phenoxy) is 1. The van der Waals surface area contributed by atoms with Crippen molar-refractivity contribution in [1.29, 1.82) is 0 Å². The van der Waals surface area contributed by atoms with Crippen LogP contribution in [0.1, 0.15) is 12.0 Å². The molecular formula is C15H18N6O3. The monoisotopic (exact) mass is 330 g/mol. The number of methoxy groups -OCH3 is 1. The topological polar surface area (TPSA) is 113 Å². The van der Waals surface area contributed by atoms with Gasteiger partial charge < -0.3 is 9.64 Å². The van der Waals surface area contributed by atoms with Crippen LogP contribution in [0.2, 0.25) is 0 Å². The van der Waals surface area contributed by atoms with Gasteiger partial charge in [0, 0.05) is 19.5 Å². The molecule has 0 aliphatic carbocycles. The van der Waals surface area contributed by atoms with Crippen molar-refractivity contribution in [2.75, 3.05) is 25.5 Å². The third-order valence-corrected chi connectivity index (χ3v) is 4.01. The Kier molecular flexibility index (Phi) is 4.69. The molecule has 1 aromatic carbocycles. The van der Waals surface area contributed by atoms with Crippen LogP contribution in [0.15, 0.2) is 24.3 Å². The molecule has 1 aliphatic rings. The summed E-state index contributed by atoms with van der Waals surface area (Å²) in [7, 11) is 1.62. The van der Waals surface area contributed by atoms with Gasteiger partial charge in [-0.25, -0.2) is 0 Å². The smallest absolute Gasteiger partial charge is 0.269 e. The van der Waals surface area contributed by atoms with Crippen LogP contribution in [0.25, 0.3) is 0 Å². The molecule has 1 saturated heterocycles. The largest absolute Gasteiger partial charge is 0.496 e. The van der Waals surface area contributed by atoms with Crippen LogP contribution in [0.3, 0.4) is 0 Å². The first kappa shape index (κ1) is 15.9. The van der Waals surface area contributed by atoms with Gasteiger partial charge in [0.25, 0.3) is 5.95 Å². The summed E-state index contributed by atoms with van der Waals surface area (Å²) in [5.74, 6) is 0.201. The van der Waals surface area contributed by atoms with Gasteiger partial charge in [-0.05, 0) is 23.3 Å². The number of H-pyrrole nitrogens is 1. The van der Waals surface area contributed by atoms with Gasteiger partial charge >= 0.3 is 0 Å². The molecule has 0 saturated carbocycles. The summed E-state index contributed by atoms with van der Waals surface area (Å²) in [5.41, 5.74) is 1.03. The molecule has 3 rings (SSSR count). The minimum Gasteiger partial charge on any atom is -0.496 e. The molecule has 1 aliphatic heterocycles. The highest BCUT2D eigenvalue weighted by molar-refractivity contribution is 5.96. The predicted octanol–water partition coefficient (Wildman–Crippen LogP) is 0.238. The molecule has 0 unspecified atom stereocenters. The van der Waals surface area contributed by atoms with E-state index in [0.29, 0.717) is 19.5 Å². The van der Waals surface area contributed by atoms with Crippen molar-refractivity contribution in [3.63, 3.8) is 0 Å². The van der Waals surface area contributed by atoms with Crippen molar-refractivity contribution >= 4 is 17.8 Å². The van der Waals surface area contributed by atoms with Gasteiger partial charge in [-0.15, -0.1) is 5.10 Å². The maximum Gasteiger partial charge on any atom is 0.269 e. The summed E-state index contributed by atoms with van der Waals surface area (Å²) in [6.07, 6.45) is 0.866. The highest BCUT2D eigenvalue weighted by atomic mass is 16.5. The number of amides is 2. The van der Waals surface area contributed by atoms with Gasteiger partial charge in [-0.1, -0.05) is 23.3 Å². The molecule has 2 aromatic rings. The highest BCUT2D eigenvalue weighted by Crippen LogP contribution is 2.22. The zero-order valence-corrected chi connectivity index (χ0v) is 13.2. The normalized spacial score (nSPS) is 17.1. The van der Waals surface area contributed by atoms with Crippen molar-refractivity contribution in [3.05, 3.63) is 29.8 Å². The molecule has 2 N–H and O–H groups in total. The number of nitrogens with one attached hydrogen (secondary N) is 2. The number of nitrogens with zero attached hydrogens (tertiary/aromatic N) is 4. The average molecular weight is 330 g/mol. The molecule has 9 heteroatoms. The van der Waals surface area contributed by atoms with Crippen molar-refractivity contribution in [1.82, 2.24) is 25.5 Å². The van der Waals surface area contributed by atoms with Crippen molar-refractivity contribution < 1.29 is 14.3 Å². The summed E-state index contributed by atoms with van der Waals surface area (Å²) in [6, 6.07) is 7.70. The highest BCUT2D eigenvalue weighted by Gasteiger charge is 2.34. The van der Waals surface area contributed by atoms with Crippen LogP contribution in [0, 0.1) is 5.92 Å². The van der Waals surface area contributed by atoms with Crippen LogP contribution in [0.5, 0.6) is 5.75 Å². The molecule has 9 nitrogen and oxygen atoms in total. The number of tetrazole rings is 1. The van der Waals surface area contributed by atoms with E-state index in [1.165, 1.54) is 0 Å². The fraction of sp³-hybridized carbons (Fsp3) is 0.400. The van der Waals surface area contributed by atoms with Crippen LogP contribution in [-0.4, -0.2) is 57.5 Å². The van der Waals surface area contributed by atoms with E-state index in [0.717, 1.165) is 11.3 Å². The molecule has 1 fully saturated rings. The Balaban J connectivity index is 1.56. The van der Waals surface area contributed by atoms with Gasteiger partial charge in [-0.3, -0.25) is 14.9 Å². The quantitative estimate of drug-likeness (QED) is 0.784. The summed E-state index contributed by atoms with van der Waals surface area (Å²) in [5, 5.41) is 15.5. The lowest BCUT2D eigenvalue weighted by atomic mass is 10.1. The number of likely N-dealkylation sites (tertiary alicyclic amines) is 1. The maximum atomic E-state index is 12.1. The molecule has 0 radical (unpaired) electrons. The minimum absolute atomic E-state index is 0.0295. The third kappa shape index (κ3) is 3.50. The van der Waals surface area contributed by atoms with Gasteiger partial charge in [-0.2, -0.15) is 5.21 Å². The first-order valence-electron chi connectivity index (χ1n) is 7.61. The molecular weight excluding hydrogens is 312 g/mol. The lowest BCUT2D eigenvalue weighted by molar-refractivity contribution is -0.128. The first-order valence-corrected chi connectivity index (χ1v) is 7.61. The number of carbonyl (C=O) groups is 2. The zero-order chi connectivity index (χ0) is 16.9. The van der Waals surface area contributed by atoms with Gasteiger partial charge in [0.05, 0.1) is 13.0 Å². The van der Waals surface area contributed by atoms with Crippen molar-refractivity contribution in [2.24, 2.45) is 5.92 Å². The van der Waals surface area contributed by atoms with E-state index >= 15 is 0 Å². The van der Waals surface area contributed by atoms with Crippen molar-refractivity contribution in [3.8, 4) is 5.75 Å². The molecule has 126 valence electrons. The molecule has 0 bridgehead atoms. The fourth-order valence-corrected chi connectivity index (χ4v) is 2.76. The fourth-order valence-electron chi connectivity index (χ4n) is 2.76. The lowest BCUT2D eigenvalue weighted by Crippen LogP contribution is -2.30. The average Bonchev–Trinajstić information content (AvgIpc) is 3.23. The van der Waals surface area contributed by atoms with E-state index in [9.17, 15) is 9.59 Å². The Hall–Kier alpha value is -2.97. The number of anilines is 1. The molecule has 2 amide bonds. The SMILES string of the molecule is COc1ccccc1CCN1C[C@@H](C(=O)Nc2nn[nH]n2)CC1=O. The van der Waals surface area contributed by atoms with Gasteiger partial charge in [0.15, 0.2) is 0 Å². The van der Waals surface area contributed by atoms with Crippen LogP contribution in [-0.2, 0) is 16.0 Å². The number of benzene rings is 1. The number of para-hydroxylation sites is 1. The number of aromatic nitrogens is 4. The molecule has 2 heterocycles. The van der Waals surface area contributed by atoms with Crippen LogP contribution >= 0.6 is 0 Å². The number of hydrogen-bond acceptors (Lipinski definition) is 6. The number of carbonyl (C=O) groups excluding carboxylic acids is 2. The zero-order valence-electron chi connectivity index (χ0n) is 13.2. The van der Waals surface area contributed by atoms with E-state index in [2.05, 4.69) is 25.9 Å². The summed E-state index contributed by atoms with van der Waals surface area (Å²) >= 11 is 0. The third-order valence-electron chi connectivity index (χ3n) is 4.01. The molecule has 1 aromatic heterocycles. The summed E-state index contributed by atoms with van der Waals surface area (Å²) in [4.78, 5) is 26.0. The van der Waals surface area contributed by atoms with E-state index in [1.807, 2.05) is 24.3 Å². The summed E-state index contributed by atoms with van der Waals surface area (Å²) < 4.78 is 5.32. The predicted molar refractivity (Wildman–Crippen MR) is 84.2 cm³/mol. The number of hydrogen-bond donors (Lipinski definition) is 2. The second-order valence-electron chi connectivity index (χ2n) is 5.53. The first-order chi connectivity index (χ1) is 11.7. The number of rotatable bonds is 6. The Morgan fingerprint density at radius 1 is 1.46 bits per heavy atom. The second kappa shape index (κ2) is 7.07. The number of aromatic amines is 1. The Morgan fingerprint density at radius 3 is 3.04 bits per heavy atom. The van der Waals surface area contributed by atoms with Crippen molar-refractivity contribution in [2.45, 2.75) is 12.8 Å². The van der Waals surface area contributed by atoms with E-state index < -0.39 is 5.92 Å². The van der Waals surface area contributed by atoms with Crippen LogP contribution in [0.4, 0.5) is 5.95 Å². The molecule has 0 spiro atoms. The van der Waals surface area contributed by atoms with Gasteiger partial charge in [0.1, 0.15) is 5.75 Å². The molecule has 1 atom stereocenters. The Labute approximate surface area is 138 Å². The maximum absolute atomic E-state index is 12.1. The van der Waals surface area contributed by atoms with Gasteiger partial charge in [0.2, 0.25) is 11.8 Å². The lowest BCUT2D eigenvalue weighted by Gasteiger charge is -2.17. The van der Waals surface area contributed by atoms with Crippen LogP contribution < -0.4 is 10.1 Å².